The number of rotatable bonds is 5. The van der Waals surface area contributed by atoms with Gasteiger partial charge in [0.15, 0.2) is 11.5 Å². The van der Waals surface area contributed by atoms with Crippen LogP contribution in [-0.2, 0) is 14.8 Å². The van der Waals surface area contributed by atoms with E-state index in [0.29, 0.717) is 22.6 Å². The van der Waals surface area contributed by atoms with Crippen LogP contribution < -0.4 is 9.47 Å². The minimum absolute atomic E-state index is 0.0348. The van der Waals surface area contributed by atoms with Crippen LogP contribution in [0.1, 0.15) is 35.2 Å². The number of carbonyl (C=O) groups is 1. The van der Waals surface area contributed by atoms with Crippen LogP contribution in [0.15, 0.2) is 83.3 Å². The van der Waals surface area contributed by atoms with Gasteiger partial charge in [0.2, 0.25) is 16.8 Å². The van der Waals surface area contributed by atoms with Crippen molar-refractivity contribution >= 4 is 16.0 Å². The van der Waals surface area contributed by atoms with Gasteiger partial charge in [0.05, 0.1) is 22.6 Å². The predicted molar refractivity (Wildman–Crippen MR) is 125 cm³/mol. The number of fused-ring (bicyclic) bond motifs is 1. The first-order valence-corrected chi connectivity index (χ1v) is 12.4. The lowest BCUT2D eigenvalue weighted by Gasteiger charge is -2.40. The van der Waals surface area contributed by atoms with Gasteiger partial charge in [-0.25, -0.2) is 17.6 Å². The zero-order chi connectivity index (χ0) is 24.7. The van der Waals surface area contributed by atoms with E-state index < -0.39 is 33.9 Å². The normalized spacial score (nSPS) is 19.9. The molecule has 0 saturated heterocycles. The Morgan fingerprint density at radius 3 is 2.31 bits per heavy atom. The smallest absolute Gasteiger partial charge is 0.333 e. The number of carboxylic acid groups (broad SMARTS) is 1. The van der Waals surface area contributed by atoms with Gasteiger partial charge < -0.3 is 14.6 Å². The molecule has 2 heterocycles. The number of sulfonamides is 1. The molecule has 9 heteroatoms. The van der Waals surface area contributed by atoms with E-state index in [1.54, 1.807) is 30.3 Å². The highest BCUT2D eigenvalue weighted by Gasteiger charge is 2.44. The molecule has 0 aromatic heterocycles. The molecule has 3 aromatic rings. The lowest BCUT2D eigenvalue weighted by Crippen LogP contribution is -2.42. The van der Waals surface area contributed by atoms with Crippen LogP contribution in [-0.4, -0.2) is 30.6 Å². The standard InChI is InChI=1S/C26H22FNO6S/c1-16-2-9-20(10-3-16)35(31,32)28-22(18-6-13-23-24(14-18)34-15-33-23)12-11-21(26(29)30)25(28)17-4-7-19(27)8-5-17/h2-11,13-14,22,25H,12,15H2,1H3,(H,29,30)/t22-,25-/m0/s1. The number of ether oxygens (including phenoxy) is 2. The predicted octanol–water partition coefficient (Wildman–Crippen LogP) is 4.75. The van der Waals surface area contributed by atoms with E-state index in [4.69, 9.17) is 9.47 Å². The second-order valence-electron chi connectivity index (χ2n) is 8.43. The van der Waals surface area contributed by atoms with Gasteiger partial charge in [-0.2, -0.15) is 4.31 Å². The minimum Gasteiger partial charge on any atom is -0.478 e. The molecule has 0 unspecified atom stereocenters. The maximum atomic E-state index is 14.1. The molecule has 7 nitrogen and oxygen atoms in total. The molecule has 3 aromatic carbocycles. The average Bonchev–Trinajstić information content (AvgIpc) is 3.32. The molecule has 1 N–H and O–H groups in total. The van der Waals surface area contributed by atoms with E-state index in [0.717, 1.165) is 5.56 Å². The van der Waals surface area contributed by atoms with Gasteiger partial charge in [0, 0.05) is 0 Å². The molecule has 0 bridgehead atoms. The van der Waals surface area contributed by atoms with E-state index >= 15 is 0 Å². The molecule has 0 saturated carbocycles. The van der Waals surface area contributed by atoms with E-state index in [1.165, 1.54) is 46.8 Å². The summed E-state index contributed by atoms with van der Waals surface area (Å²) in [5.74, 6) is -0.714. The van der Waals surface area contributed by atoms with Crippen molar-refractivity contribution in [3.05, 3.63) is 101 Å². The summed E-state index contributed by atoms with van der Waals surface area (Å²) < 4.78 is 54.0. The topological polar surface area (TPSA) is 93.1 Å². The summed E-state index contributed by atoms with van der Waals surface area (Å²) in [6.45, 7) is 1.91. The number of benzene rings is 3. The van der Waals surface area contributed by atoms with E-state index in [-0.39, 0.29) is 23.7 Å². The Kier molecular flexibility index (Phi) is 5.82. The van der Waals surface area contributed by atoms with Gasteiger partial charge in [-0.15, -0.1) is 0 Å². The molecular weight excluding hydrogens is 473 g/mol. The molecule has 0 spiro atoms. The van der Waals surface area contributed by atoms with E-state index in [2.05, 4.69) is 0 Å². The van der Waals surface area contributed by atoms with Crippen LogP contribution in [0, 0.1) is 12.7 Å². The van der Waals surface area contributed by atoms with Crippen molar-refractivity contribution in [1.82, 2.24) is 4.31 Å². The monoisotopic (exact) mass is 495 g/mol. The van der Waals surface area contributed by atoms with Crippen molar-refractivity contribution < 1.29 is 32.2 Å². The van der Waals surface area contributed by atoms with Crippen LogP contribution in [0.2, 0.25) is 0 Å². The number of carboxylic acids is 1. The third-order valence-corrected chi connectivity index (χ3v) is 8.12. The summed E-state index contributed by atoms with van der Waals surface area (Å²) in [6, 6.07) is 14.8. The van der Waals surface area contributed by atoms with Gasteiger partial charge >= 0.3 is 5.97 Å². The van der Waals surface area contributed by atoms with Crippen molar-refractivity contribution in [3.8, 4) is 11.5 Å². The van der Waals surface area contributed by atoms with Gasteiger partial charge in [-0.1, -0.05) is 42.0 Å². The number of hydrogen-bond donors (Lipinski definition) is 1. The Labute approximate surface area is 202 Å². The highest BCUT2D eigenvalue weighted by Crippen LogP contribution is 2.47. The van der Waals surface area contributed by atoms with Crippen LogP contribution in [0.4, 0.5) is 4.39 Å². The summed E-state index contributed by atoms with van der Waals surface area (Å²) in [4.78, 5) is 12.3. The first-order valence-electron chi connectivity index (χ1n) is 10.9. The SMILES string of the molecule is Cc1ccc(S(=O)(=O)N2[C@@H](c3ccc(F)cc3)C(C(=O)O)=CC[C@H]2c2ccc3c(c2)OCO3)cc1. The lowest BCUT2D eigenvalue weighted by atomic mass is 9.89. The molecule has 180 valence electrons. The third kappa shape index (κ3) is 4.17. The summed E-state index contributed by atoms with van der Waals surface area (Å²) >= 11 is 0. The van der Waals surface area contributed by atoms with Crippen molar-refractivity contribution in [2.45, 2.75) is 30.3 Å². The molecule has 0 aliphatic carbocycles. The van der Waals surface area contributed by atoms with Gasteiger partial charge in [0.1, 0.15) is 5.82 Å². The molecule has 2 atom stereocenters. The zero-order valence-electron chi connectivity index (χ0n) is 18.7. The van der Waals surface area contributed by atoms with Crippen molar-refractivity contribution in [2.24, 2.45) is 0 Å². The van der Waals surface area contributed by atoms with Gasteiger partial charge in [0.25, 0.3) is 0 Å². The minimum atomic E-state index is -4.20. The fourth-order valence-electron chi connectivity index (χ4n) is 4.49. The number of halogens is 1. The maximum Gasteiger partial charge on any atom is 0.333 e. The van der Waals surface area contributed by atoms with Crippen molar-refractivity contribution in [2.75, 3.05) is 6.79 Å². The largest absolute Gasteiger partial charge is 0.478 e. The average molecular weight is 496 g/mol. The Bertz CT molecular complexity index is 1420. The Hall–Kier alpha value is -3.69. The number of aryl methyl sites for hydroxylation is 1. The highest BCUT2D eigenvalue weighted by molar-refractivity contribution is 7.89. The molecule has 0 fully saturated rings. The zero-order valence-corrected chi connectivity index (χ0v) is 19.5. The molecule has 2 aliphatic heterocycles. The summed E-state index contributed by atoms with van der Waals surface area (Å²) in [6.07, 6.45) is 1.66. The molecule has 0 amide bonds. The van der Waals surface area contributed by atoms with Gasteiger partial charge in [-0.3, -0.25) is 0 Å². The fraction of sp³-hybridized carbons (Fsp3) is 0.192. The maximum absolute atomic E-state index is 14.1. The van der Waals surface area contributed by atoms with Crippen LogP contribution >= 0.6 is 0 Å². The molecule has 0 radical (unpaired) electrons. The van der Waals surface area contributed by atoms with Crippen LogP contribution in [0.3, 0.4) is 0 Å². The first-order chi connectivity index (χ1) is 16.8. The Balaban J connectivity index is 1.72. The Morgan fingerprint density at radius 2 is 1.63 bits per heavy atom. The quantitative estimate of drug-likeness (QED) is 0.549. The molecule has 35 heavy (non-hydrogen) atoms. The van der Waals surface area contributed by atoms with E-state index in [1.807, 2.05) is 6.92 Å². The number of nitrogens with zero attached hydrogens (tertiary/aromatic N) is 1. The summed E-state index contributed by atoms with van der Waals surface area (Å²) in [5.41, 5.74) is 1.76. The second-order valence-corrected chi connectivity index (χ2v) is 10.3. The third-order valence-electron chi connectivity index (χ3n) is 6.23. The Morgan fingerprint density at radius 1 is 0.971 bits per heavy atom. The van der Waals surface area contributed by atoms with Gasteiger partial charge in [-0.05, 0) is 60.9 Å². The number of aliphatic carboxylic acids is 1. The summed E-state index contributed by atoms with van der Waals surface area (Å²) in [7, 11) is -4.20. The van der Waals surface area contributed by atoms with Crippen molar-refractivity contribution in [1.29, 1.82) is 0 Å². The lowest BCUT2D eigenvalue weighted by molar-refractivity contribution is -0.133. The van der Waals surface area contributed by atoms with Crippen LogP contribution in [0.25, 0.3) is 0 Å². The van der Waals surface area contributed by atoms with Crippen LogP contribution in [0.5, 0.6) is 11.5 Å². The number of hydrogen-bond acceptors (Lipinski definition) is 5. The fourth-order valence-corrected chi connectivity index (χ4v) is 6.27. The summed E-state index contributed by atoms with van der Waals surface area (Å²) in [5, 5.41) is 10.00. The molecule has 2 aliphatic rings. The second kappa shape index (κ2) is 8.83. The molecular formula is C26H22FNO6S. The van der Waals surface area contributed by atoms with E-state index in [9.17, 15) is 22.7 Å². The first kappa shape index (κ1) is 23.1. The highest BCUT2D eigenvalue weighted by atomic mass is 32.2. The molecule has 5 rings (SSSR count). The van der Waals surface area contributed by atoms with Crippen molar-refractivity contribution in [3.63, 3.8) is 0 Å².